The summed E-state index contributed by atoms with van der Waals surface area (Å²) in [6.45, 7) is 1.78. The number of hydrogen-bond donors (Lipinski definition) is 1. The number of H-pyrrole nitrogens is 1. The molecule has 0 radical (unpaired) electrons. The SMILES string of the molecule is CO[C@@H]1OC[C@@H](OC(C)=O)[C@@H](OC(C)=O)[C@]1(F)n1ccc(=O)[nH]c1=O. The molecule has 0 saturated carbocycles. The fourth-order valence-electron chi connectivity index (χ4n) is 2.60. The minimum Gasteiger partial charge on any atom is -0.456 e. The molecular weight excluding hydrogens is 343 g/mol. The fraction of sp³-hybridized carbons (Fsp3) is 0.571. The lowest BCUT2D eigenvalue weighted by molar-refractivity contribution is -0.320. The molecule has 1 aliphatic heterocycles. The number of carbonyl (C=O) groups is 2. The summed E-state index contributed by atoms with van der Waals surface area (Å²) in [5.74, 6) is -4.55. The van der Waals surface area contributed by atoms with Crippen LogP contribution in [0, 0.1) is 0 Å². The van der Waals surface area contributed by atoms with Gasteiger partial charge in [-0.3, -0.25) is 23.9 Å². The van der Waals surface area contributed by atoms with Crippen molar-refractivity contribution in [1.29, 1.82) is 0 Å². The number of halogens is 1. The van der Waals surface area contributed by atoms with E-state index in [4.69, 9.17) is 18.9 Å². The van der Waals surface area contributed by atoms with Crippen molar-refractivity contribution in [2.24, 2.45) is 0 Å². The van der Waals surface area contributed by atoms with Crippen LogP contribution in [0.15, 0.2) is 21.9 Å². The Labute approximate surface area is 140 Å². The third-order valence-corrected chi connectivity index (χ3v) is 3.50. The largest absolute Gasteiger partial charge is 0.456 e. The van der Waals surface area contributed by atoms with Gasteiger partial charge in [-0.15, -0.1) is 0 Å². The maximum absolute atomic E-state index is 16.0. The van der Waals surface area contributed by atoms with E-state index in [1.54, 1.807) is 0 Å². The summed E-state index contributed by atoms with van der Waals surface area (Å²) < 4.78 is 36.5. The summed E-state index contributed by atoms with van der Waals surface area (Å²) in [7, 11) is 1.12. The van der Waals surface area contributed by atoms with Gasteiger partial charge in [0.15, 0.2) is 12.2 Å². The molecule has 1 aromatic rings. The third kappa shape index (κ3) is 3.61. The normalized spacial score (nSPS) is 29.0. The molecule has 0 bridgehead atoms. The summed E-state index contributed by atoms with van der Waals surface area (Å²) in [6.07, 6.45) is -3.90. The minimum absolute atomic E-state index is 0.334. The average Bonchev–Trinajstić information content (AvgIpc) is 2.50. The van der Waals surface area contributed by atoms with Crippen molar-refractivity contribution in [1.82, 2.24) is 9.55 Å². The first kappa shape index (κ1) is 18.8. The molecule has 1 aromatic heterocycles. The molecule has 0 amide bonds. The van der Waals surface area contributed by atoms with Gasteiger partial charge in [0.25, 0.3) is 11.4 Å². The molecule has 1 fully saturated rings. The van der Waals surface area contributed by atoms with Gasteiger partial charge in [-0.25, -0.2) is 9.18 Å². The number of hydrogen-bond acceptors (Lipinski definition) is 8. The molecule has 2 rings (SSSR count). The Morgan fingerprint density at radius 1 is 1.32 bits per heavy atom. The van der Waals surface area contributed by atoms with Gasteiger partial charge >= 0.3 is 17.6 Å². The van der Waals surface area contributed by atoms with E-state index in [2.05, 4.69) is 0 Å². The summed E-state index contributed by atoms with van der Waals surface area (Å²) in [4.78, 5) is 47.9. The molecule has 0 spiro atoms. The van der Waals surface area contributed by atoms with Crippen LogP contribution in [-0.4, -0.2) is 53.7 Å². The Kier molecular flexibility index (Phi) is 5.38. The quantitative estimate of drug-likeness (QED) is 0.680. The van der Waals surface area contributed by atoms with Gasteiger partial charge in [0.1, 0.15) is 0 Å². The number of aromatic amines is 1. The van der Waals surface area contributed by atoms with Crippen LogP contribution in [0.5, 0.6) is 0 Å². The van der Waals surface area contributed by atoms with Crippen LogP contribution in [0.1, 0.15) is 13.8 Å². The summed E-state index contributed by atoms with van der Waals surface area (Å²) in [6, 6.07) is 0.899. The van der Waals surface area contributed by atoms with Crippen LogP contribution < -0.4 is 11.2 Å². The monoisotopic (exact) mass is 360 g/mol. The second kappa shape index (κ2) is 7.15. The number of esters is 2. The maximum Gasteiger partial charge on any atom is 0.331 e. The van der Waals surface area contributed by atoms with E-state index in [0.717, 1.165) is 33.2 Å². The standard InChI is InChI=1S/C14H17FN2O8/c1-7(18)24-9-6-23-12(22-3)14(15,11(9)25-8(2)19)17-5-4-10(20)16-13(17)21/h4-5,9,11-12H,6H2,1-3H3,(H,16,20,21)/t9-,11-,12-,14+/m1/s1. The van der Waals surface area contributed by atoms with Crippen molar-refractivity contribution < 1.29 is 32.9 Å². The number of nitrogens with zero attached hydrogens (tertiary/aromatic N) is 1. The zero-order valence-corrected chi connectivity index (χ0v) is 13.7. The second-order valence-corrected chi connectivity index (χ2v) is 5.29. The first-order valence-electron chi connectivity index (χ1n) is 7.20. The Morgan fingerprint density at radius 3 is 2.48 bits per heavy atom. The molecule has 25 heavy (non-hydrogen) atoms. The third-order valence-electron chi connectivity index (χ3n) is 3.50. The van der Waals surface area contributed by atoms with Crippen LogP contribution in [0.3, 0.4) is 0 Å². The summed E-state index contributed by atoms with van der Waals surface area (Å²) in [5, 5.41) is 0. The molecule has 1 aliphatic rings. The highest BCUT2D eigenvalue weighted by atomic mass is 19.1. The molecule has 10 nitrogen and oxygen atoms in total. The first-order valence-corrected chi connectivity index (χ1v) is 7.20. The Balaban J connectivity index is 2.62. The molecule has 11 heteroatoms. The highest BCUT2D eigenvalue weighted by molar-refractivity contribution is 5.67. The second-order valence-electron chi connectivity index (χ2n) is 5.29. The Bertz CT molecular complexity index is 775. The van der Waals surface area contributed by atoms with Crippen molar-refractivity contribution in [2.45, 2.75) is 38.1 Å². The number of aromatic nitrogens is 2. The zero-order valence-electron chi connectivity index (χ0n) is 13.7. The number of alkyl halides is 1. The van der Waals surface area contributed by atoms with Crippen LogP contribution >= 0.6 is 0 Å². The van der Waals surface area contributed by atoms with E-state index in [9.17, 15) is 19.2 Å². The summed E-state index contributed by atoms with van der Waals surface area (Å²) in [5.41, 5.74) is -1.88. The topological polar surface area (TPSA) is 126 Å². The maximum atomic E-state index is 16.0. The minimum atomic E-state index is -2.90. The molecule has 2 heterocycles. The number of carbonyl (C=O) groups excluding carboxylic acids is 2. The Morgan fingerprint density at radius 2 is 1.96 bits per heavy atom. The fourth-order valence-corrected chi connectivity index (χ4v) is 2.60. The van der Waals surface area contributed by atoms with Gasteiger partial charge < -0.3 is 18.9 Å². The number of rotatable bonds is 4. The van der Waals surface area contributed by atoms with E-state index in [0.29, 0.717) is 4.57 Å². The van der Waals surface area contributed by atoms with Crippen molar-refractivity contribution in [2.75, 3.05) is 13.7 Å². The van der Waals surface area contributed by atoms with Crippen molar-refractivity contribution in [3.05, 3.63) is 33.1 Å². The predicted molar refractivity (Wildman–Crippen MR) is 78.3 cm³/mol. The molecule has 0 aliphatic carbocycles. The number of ether oxygens (including phenoxy) is 4. The molecule has 0 unspecified atom stereocenters. The van der Waals surface area contributed by atoms with Crippen LogP contribution in [0.2, 0.25) is 0 Å². The molecule has 1 saturated heterocycles. The lowest BCUT2D eigenvalue weighted by Crippen LogP contribution is -2.66. The highest BCUT2D eigenvalue weighted by Crippen LogP contribution is 2.37. The molecule has 138 valence electrons. The van der Waals surface area contributed by atoms with Crippen LogP contribution in [0.4, 0.5) is 4.39 Å². The smallest absolute Gasteiger partial charge is 0.331 e. The predicted octanol–water partition coefficient (Wildman–Crippen LogP) is -0.975. The molecule has 0 aromatic carbocycles. The van der Waals surface area contributed by atoms with E-state index in [1.165, 1.54) is 0 Å². The van der Waals surface area contributed by atoms with Crippen molar-refractivity contribution in [3.63, 3.8) is 0 Å². The number of methoxy groups -OCH3 is 1. The van der Waals surface area contributed by atoms with Gasteiger partial charge in [0, 0.05) is 33.2 Å². The van der Waals surface area contributed by atoms with E-state index in [-0.39, 0.29) is 6.61 Å². The van der Waals surface area contributed by atoms with Gasteiger partial charge in [-0.1, -0.05) is 0 Å². The first-order chi connectivity index (χ1) is 11.7. The molecular formula is C14H17FN2O8. The van der Waals surface area contributed by atoms with Gasteiger partial charge in [0.05, 0.1) is 6.61 Å². The van der Waals surface area contributed by atoms with Crippen LogP contribution in [0.25, 0.3) is 0 Å². The number of nitrogens with one attached hydrogen (secondary N) is 1. The van der Waals surface area contributed by atoms with Crippen LogP contribution in [-0.2, 0) is 34.3 Å². The zero-order chi connectivity index (χ0) is 18.8. The van der Waals surface area contributed by atoms with Crippen molar-refractivity contribution >= 4 is 11.9 Å². The summed E-state index contributed by atoms with van der Waals surface area (Å²) >= 11 is 0. The lowest BCUT2D eigenvalue weighted by Gasteiger charge is -2.45. The van der Waals surface area contributed by atoms with Gasteiger partial charge in [-0.2, -0.15) is 0 Å². The molecule has 4 atom stereocenters. The Hall–Kier alpha value is -2.53. The van der Waals surface area contributed by atoms with E-state index < -0.39 is 47.5 Å². The van der Waals surface area contributed by atoms with Gasteiger partial charge in [0.2, 0.25) is 6.29 Å². The molecule has 1 N–H and O–H groups in total. The average molecular weight is 360 g/mol. The highest BCUT2D eigenvalue weighted by Gasteiger charge is 2.60. The van der Waals surface area contributed by atoms with E-state index in [1.807, 2.05) is 4.98 Å². The van der Waals surface area contributed by atoms with Crippen molar-refractivity contribution in [3.8, 4) is 0 Å². The van der Waals surface area contributed by atoms with Gasteiger partial charge in [-0.05, 0) is 0 Å². The van der Waals surface area contributed by atoms with E-state index >= 15 is 4.39 Å². The lowest BCUT2D eigenvalue weighted by atomic mass is 9.98.